The average molecular weight is 208 g/mol. The van der Waals surface area contributed by atoms with Crippen LogP contribution < -0.4 is 11.1 Å². The number of fused-ring (bicyclic) bond motifs is 1. The standard InChI is InChI=1S/C10H12N2OS/c11-10(13)7-2-3-9-8(6-7)12-4-1-5-14-9/h2-3,6,12H,1,4-5H2,(H2,11,13). The molecule has 0 fully saturated rings. The van der Waals surface area contributed by atoms with E-state index >= 15 is 0 Å². The van der Waals surface area contributed by atoms with Crippen molar-refractivity contribution in [3.05, 3.63) is 23.8 Å². The number of carbonyl (C=O) groups is 1. The predicted octanol–water partition coefficient (Wildman–Crippen LogP) is 1.69. The van der Waals surface area contributed by atoms with Crippen LogP contribution in [0.1, 0.15) is 16.8 Å². The first-order valence-corrected chi connectivity index (χ1v) is 5.56. The Labute approximate surface area is 87.1 Å². The van der Waals surface area contributed by atoms with Crippen LogP contribution in [0.4, 0.5) is 5.69 Å². The van der Waals surface area contributed by atoms with Gasteiger partial charge in [-0.1, -0.05) is 0 Å². The summed E-state index contributed by atoms with van der Waals surface area (Å²) in [4.78, 5) is 12.2. The number of thioether (sulfide) groups is 1. The van der Waals surface area contributed by atoms with Gasteiger partial charge in [0, 0.05) is 22.7 Å². The maximum absolute atomic E-state index is 11.0. The van der Waals surface area contributed by atoms with Crippen molar-refractivity contribution in [2.45, 2.75) is 11.3 Å². The van der Waals surface area contributed by atoms with Crippen molar-refractivity contribution in [3.8, 4) is 0 Å². The molecule has 74 valence electrons. The number of amides is 1. The molecular formula is C10H12N2OS. The SMILES string of the molecule is NC(=O)c1ccc2c(c1)NCCCS2. The number of rotatable bonds is 1. The molecule has 4 heteroatoms. The van der Waals surface area contributed by atoms with E-state index in [0.717, 1.165) is 24.4 Å². The molecule has 0 unspecified atom stereocenters. The molecule has 0 saturated carbocycles. The van der Waals surface area contributed by atoms with Crippen molar-refractivity contribution in [1.29, 1.82) is 0 Å². The molecule has 0 saturated heterocycles. The van der Waals surface area contributed by atoms with Crippen molar-refractivity contribution in [1.82, 2.24) is 0 Å². The minimum absolute atomic E-state index is 0.371. The fourth-order valence-electron chi connectivity index (χ4n) is 1.42. The van der Waals surface area contributed by atoms with Gasteiger partial charge in [-0.25, -0.2) is 0 Å². The molecule has 1 aliphatic rings. The summed E-state index contributed by atoms with van der Waals surface area (Å²) < 4.78 is 0. The third-order valence-corrected chi connectivity index (χ3v) is 3.32. The van der Waals surface area contributed by atoms with Crippen molar-refractivity contribution in [3.63, 3.8) is 0 Å². The highest BCUT2D eigenvalue weighted by atomic mass is 32.2. The van der Waals surface area contributed by atoms with Gasteiger partial charge in [0.05, 0.1) is 0 Å². The Hall–Kier alpha value is -1.16. The zero-order valence-corrected chi connectivity index (χ0v) is 8.56. The summed E-state index contributed by atoms with van der Waals surface area (Å²) in [5.74, 6) is 0.750. The maximum Gasteiger partial charge on any atom is 0.248 e. The maximum atomic E-state index is 11.0. The summed E-state index contributed by atoms with van der Waals surface area (Å²) in [5, 5.41) is 3.29. The molecule has 0 bridgehead atoms. The zero-order valence-electron chi connectivity index (χ0n) is 7.75. The predicted molar refractivity (Wildman–Crippen MR) is 58.8 cm³/mol. The molecule has 1 amide bonds. The molecule has 1 aromatic carbocycles. The number of hydrogen-bond donors (Lipinski definition) is 2. The van der Waals surface area contributed by atoms with Crippen LogP contribution in [0.15, 0.2) is 23.1 Å². The third kappa shape index (κ3) is 1.85. The van der Waals surface area contributed by atoms with Gasteiger partial charge < -0.3 is 11.1 Å². The van der Waals surface area contributed by atoms with Crippen LogP contribution >= 0.6 is 11.8 Å². The summed E-state index contributed by atoms with van der Waals surface area (Å²) in [6, 6.07) is 5.57. The summed E-state index contributed by atoms with van der Waals surface area (Å²) in [6.07, 6.45) is 1.14. The van der Waals surface area contributed by atoms with Gasteiger partial charge in [0.1, 0.15) is 0 Å². The molecule has 1 heterocycles. The van der Waals surface area contributed by atoms with Crippen LogP contribution in [0.25, 0.3) is 0 Å². The van der Waals surface area contributed by atoms with Crippen molar-refractivity contribution >= 4 is 23.4 Å². The topological polar surface area (TPSA) is 55.1 Å². The number of nitrogens with two attached hydrogens (primary N) is 1. The molecule has 2 rings (SSSR count). The Morgan fingerprint density at radius 2 is 2.36 bits per heavy atom. The first-order valence-electron chi connectivity index (χ1n) is 4.58. The Balaban J connectivity index is 2.37. The number of hydrogen-bond acceptors (Lipinski definition) is 3. The van der Waals surface area contributed by atoms with Crippen LogP contribution in [0.5, 0.6) is 0 Å². The Morgan fingerprint density at radius 1 is 1.50 bits per heavy atom. The van der Waals surface area contributed by atoms with Gasteiger partial charge in [-0.3, -0.25) is 4.79 Å². The molecule has 3 nitrogen and oxygen atoms in total. The molecule has 3 N–H and O–H groups in total. The third-order valence-electron chi connectivity index (χ3n) is 2.16. The first kappa shape index (κ1) is 9.40. The molecule has 14 heavy (non-hydrogen) atoms. The van der Waals surface area contributed by atoms with Gasteiger partial charge >= 0.3 is 0 Å². The quantitative estimate of drug-likeness (QED) is 0.738. The normalized spacial score (nSPS) is 15.1. The smallest absolute Gasteiger partial charge is 0.248 e. The second-order valence-corrected chi connectivity index (χ2v) is 4.34. The molecule has 0 radical (unpaired) electrons. The van der Waals surface area contributed by atoms with Gasteiger partial charge in [0.2, 0.25) is 5.91 Å². The van der Waals surface area contributed by atoms with Crippen LogP contribution in [0, 0.1) is 0 Å². The monoisotopic (exact) mass is 208 g/mol. The molecule has 0 spiro atoms. The minimum Gasteiger partial charge on any atom is -0.384 e. The highest BCUT2D eigenvalue weighted by molar-refractivity contribution is 7.99. The van der Waals surface area contributed by atoms with E-state index in [9.17, 15) is 4.79 Å². The zero-order chi connectivity index (χ0) is 9.97. The second kappa shape index (κ2) is 3.92. The number of carbonyl (C=O) groups excluding carboxylic acids is 1. The Kier molecular flexibility index (Phi) is 2.63. The van der Waals surface area contributed by atoms with Crippen LogP contribution in [-0.2, 0) is 0 Å². The van der Waals surface area contributed by atoms with E-state index < -0.39 is 0 Å². The summed E-state index contributed by atoms with van der Waals surface area (Å²) in [7, 11) is 0. The van der Waals surface area contributed by atoms with Gasteiger partial charge in [-0.2, -0.15) is 0 Å². The largest absolute Gasteiger partial charge is 0.384 e. The lowest BCUT2D eigenvalue weighted by atomic mass is 10.2. The highest BCUT2D eigenvalue weighted by Gasteiger charge is 2.09. The van der Waals surface area contributed by atoms with E-state index in [0.29, 0.717) is 5.56 Å². The first-order chi connectivity index (χ1) is 6.77. The van der Waals surface area contributed by atoms with Crippen LogP contribution in [-0.4, -0.2) is 18.2 Å². The van der Waals surface area contributed by atoms with Gasteiger partial charge in [0.15, 0.2) is 0 Å². The van der Waals surface area contributed by atoms with Gasteiger partial charge in [-0.15, -0.1) is 11.8 Å². The number of benzene rings is 1. The van der Waals surface area contributed by atoms with E-state index in [-0.39, 0.29) is 5.91 Å². The molecule has 0 atom stereocenters. The van der Waals surface area contributed by atoms with Crippen molar-refractivity contribution < 1.29 is 4.79 Å². The van der Waals surface area contributed by atoms with Gasteiger partial charge in [0.25, 0.3) is 0 Å². The van der Waals surface area contributed by atoms with Crippen molar-refractivity contribution in [2.75, 3.05) is 17.6 Å². The molecule has 1 aliphatic heterocycles. The fraction of sp³-hybridized carbons (Fsp3) is 0.300. The Bertz CT molecular complexity index is 365. The summed E-state index contributed by atoms with van der Waals surface area (Å²) in [5.41, 5.74) is 6.81. The average Bonchev–Trinajstić information content (AvgIpc) is 2.41. The lowest BCUT2D eigenvalue weighted by Gasteiger charge is -2.07. The van der Waals surface area contributed by atoms with E-state index in [2.05, 4.69) is 5.32 Å². The van der Waals surface area contributed by atoms with Gasteiger partial charge in [-0.05, 0) is 30.4 Å². The number of anilines is 1. The molecule has 1 aromatic rings. The highest BCUT2D eigenvalue weighted by Crippen LogP contribution is 2.30. The fourth-order valence-corrected chi connectivity index (χ4v) is 2.38. The lowest BCUT2D eigenvalue weighted by Crippen LogP contribution is -2.11. The van der Waals surface area contributed by atoms with E-state index in [4.69, 9.17) is 5.73 Å². The van der Waals surface area contributed by atoms with E-state index in [1.807, 2.05) is 23.9 Å². The summed E-state index contributed by atoms with van der Waals surface area (Å²) in [6.45, 7) is 0.961. The Morgan fingerprint density at radius 3 is 3.14 bits per heavy atom. The van der Waals surface area contributed by atoms with Crippen molar-refractivity contribution in [2.24, 2.45) is 5.73 Å². The van der Waals surface area contributed by atoms with E-state index in [1.54, 1.807) is 6.07 Å². The van der Waals surface area contributed by atoms with Crippen LogP contribution in [0.3, 0.4) is 0 Å². The van der Waals surface area contributed by atoms with Crippen LogP contribution in [0.2, 0.25) is 0 Å². The number of nitrogens with one attached hydrogen (secondary N) is 1. The van der Waals surface area contributed by atoms with E-state index in [1.165, 1.54) is 4.90 Å². The lowest BCUT2D eigenvalue weighted by molar-refractivity contribution is 0.100. The minimum atomic E-state index is -0.371. The second-order valence-electron chi connectivity index (χ2n) is 3.20. The summed E-state index contributed by atoms with van der Waals surface area (Å²) >= 11 is 1.82. The molecule has 0 aromatic heterocycles. The number of primary amides is 1. The molecule has 0 aliphatic carbocycles. The molecular weight excluding hydrogens is 196 g/mol.